The molecule has 0 saturated carbocycles. The summed E-state index contributed by atoms with van der Waals surface area (Å²) >= 11 is 5.92. The van der Waals surface area contributed by atoms with Crippen LogP contribution in [0, 0.1) is 12.7 Å². The van der Waals surface area contributed by atoms with Gasteiger partial charge < -0.3 is 19.3 Å². The van der Waals surface area contributed by atoms with Crippen LogP contribution in [-0.4, -0.2) is 62.0 Å². The Morgan fingerprint density at radius 1 is 1.06 bits per heavy atom. The fraction of sp³-hybridized carbons (Fsp3) is 0.400. The Morgan fingerprint density at radius 3 is 2.44 bits per heavy atom. The molecule has 0 aliphatic carbocycles. The molecule has 7 nitrogen and oxygen atoms in total. The maximum atomic E-state index is 14.4. The lowest BCUT2D eigenvalue weighted by Crippen LogP contribution is -2.50. The zero-order valence-corrected chi connectivity index (χ0v) is 20.1. The van der Waals surface area contributed by atoms with Gasteiger partial charge in [-0.1, -0.05) is 11.6 Å². The predicted molar refractivity (Wildman–Crippen MR) is 127 cm³/mol. The van der Waals surface area contributed by atoms with Crippen LogP contribution in [0.5, 0.6) is 5.75 Å². The number of ketones is 1. The largest absolute Gasteiger partial charge is 0.493 e. The molecule has 3 rings (SSSR count). The minimum absolute atomic E-state index is 0.142. The van der Waals surface area contributed by atoms with Crippen LogP contribution >= 0.6 is 11.6 Å². The van der Waals surface area contributed by atoms with Gasteiger partial charge in [-0.2, -0.15) is 0 Å². The van der Waals surface area contributed by atoms with Crippen LogP contribution in [0.25, 0.3) is 0 Å². The summed E-state index contributed by atoms with van der Waals surface area (Å²) < 4.78 is 25.1. The lowest BCUT2D eigenvalue weighted by atomic mass is 10.1. The van der Waals surface area contributed by atoms with Crippen molar-refractivity contribution >= 4 is 34.9 Å². The summed E-state index contributed by atoms with van der Waals surface area (Å²) in [6.07, 6.45) is 0.602. The Bertz CT molecular complexity index is 1050. The second-order valence-electron chi connectivity index (χ2n) is 8.11. The third kappa shape index (κ3) is 6.93. The SMILES string of the molecule is CC(=O)c1ccc(N2CCN(C(=O)COC(=O)CCCOc3ccc(Cl)cc3C)CC2)c(F)c1. The quantitative estimate of drug-likeness (QED) is 0.300. The molecule has 0 bridgehead atoms. The van der Waals surface area contributed by atoms with Crippen molar-refractivity contribution in [2.24, 2.45) is 0 Å². The number of benzene rings is 2. The van der Waals surface area contributed by atoms with Gasteiger partial charge in [-0.05, 0) is 62.2 Å². The summed E-state index contributed by atoms with van der Waals surface area (Å²) in [5.41, 5.74) is 1.64. The van der Waals surface area contributed by atoms with Crippen LogP contribution in [-0.2, 0) is 14.3 Å². The average molecular weight is 491 g/mol. The number of carbonyl (C=O) groups is 3. The van der Waals surface area contributed by atoms with Crippen molar-refractivity contribution in [3.05, 3.63) is 58.4 Å². The van der Waals surface area contributed by atoms with Crippen LogP contribution in [0.2, 0.25) is 5.02 Å². The van der Waals surface area contributed by atoms with Crippen LogP contribution in [0.3, 0.4) is 0 Å². The number of halogens is 2. The lowest BCUT2D eigenvalue weighted by molar-refractivity contribution is -0.152. The first-order valence-electron chi connectivity index (χ1n) is 11.1. The van der Waals surface area contributed by atoms with Gasteiger partial charge in [-0.3, -0.25) is 14.4 Å². The predicted octanol–water partition coefficient (Wildman–Crippen LogP) is 4.04. The van der Waals surface area contributed by atoms with Crippen LogP contribution < -0.4 is 9.64 Å². The summed E-state index contributed by atoms with van der Waals surface area (Å²) in [5, 5.41) is 0.634. The van der Waals surface area contributed by atoms with E-state index in [-0.39, 0.29) is 24.7 Å². The molecule has 9 heteroatoms. The third-order valence-corrected chi connectivity index (χ3v) is 5.84. The van der Waals surface area contributed by atoms with E-state index in [0.29, 0.717) is 61.2 Å². The molecule has 1 aliphatic rings. The number of amides is 1. The third-order valence-electron chi connectivity index (χ3n) is 5.60. The van der Waals surface area contributed by atoms with E-state index in [2.05, 4.69) is 0 Å². The average Bonchev–Trinajstić information content (AvgIpc) is 2.81. The van der Waals surface area contributed by atoms with Crippen LogP contribution in [0.4, 0.5) is 10.1 Å². The fourth-order valence-corrected chi connectivity index (χ4v) is 3.88. The summed E-state index contributed by atoms with van der Waals surface area (Å²) in [4.78, 5) is 39.2. The number of nitrogens with zero attached hydrogens (tertiary/aromatic N) is 2. The van der Waals surface area contributed by atoms with Gasteiger partial charge in [0, 0.05) is 43.2 Å². The topological polar surface area (TPSA) is 76.2 Å². The summed E-state index contributed by atoms with van der Waals surface area (Å²) in [6.45, 7) is 4.96. The van der Waals surface area contributed by atoms with Crippen molar-refractivity contribution in [3.63, 3.8) is 0 Å². The highest BCUT2D eigenvalue weighted by molar-refractivity contribution is 6.30. The molecule has 2 aromatic rings. The molecule has 1 fully saturated rings. The highest BCUT2D eigenvalue weighted by Gasteiger charge is 2.24. The normalized spacial score (nSPS) is 13.5. The number of piperazine rings is 1. The molecule has 0 unspecified atom stereocenters. The van der Waals surface area contributed by atoms with E-state index in [4.69, 9.17) is 21.1 Å². The van der Waals surface area contributed by atoms with Gasteiger partial charge in [0.2, 0.25) is 0 Å². The van der Waals surface area contributed by atoms with Crippen molar-refractivity contribution in [1.29, 1.82) is 0 Å². The Balaban J connectivity index is 1.35. The lowest BCUT2D eigenvalue weighted by Gasteiger charge is -2.36. The first-order chi connectivity index (χ1) is 16.2. The standard InChI is InChI=1S/C25H28ClFN2O5/c1-17-14-20(26)6-8-23(17)33-13-3-4-25(32)34-16-24(31)29-11-9-28(10-12-29)22-7-5-19(18(2)30)15-21(22)27/h5-8,14-15H,3-4,9-13,16H2,1-2H3. The van der Waals surface area contributed by atoms with Gasteiger partial charge in [0.15, 0.2) is 12.4 Å². The second-order valence-corrected chi connectivity index (χ2v) is 8.55. The molecule has 2 aromatic carbocycles. The molecule has 182 valence electrons. The van der Waals surface area contributed by atoms with Crippen molar-refractivity contribution < 1.29 is 28.2 Å². The molecule has 1 aliphatic heterocycles. The van der Waals surface area contributed by atoms with E-state index in [9.17, 15) is 18.8 Å². The zero-order chi connectivity index (χ0) is 24.7. The molecule has 0 spiro atoms. The second kappa shape index (κ2) is 11.8. The van der Waals surface area contributed by atoms with E-state index in [1.54, 1.807) is 35.2 Å². The van der Waals surface area contributed by atoms with Gasteiger partial charge in [-0.15, -0.1) is 0 Å². The molecule has 1 amide bonds. The van der Waals surface area contributed by atoms with Crippen molar-refractivity contribution in [1.82, 2.24) is 4.90 Å². The Hall–Kier alpha value is -3.13. The Kier molecular flexibility index (Phi) is 8.87. The fourth-order valence-electron chi connectivity index (χ4n) is 3.66. The number of rotatable bonds is 9. The molecule has 0 aromatic heterocycles. The minimum atomic E-state index is -0.462. The van der Waals surface area contributed by atoms with E-state index in [0.717, 1.165) is 5.56 Å². The number of anilines is 1. The molecular formula is C25H28ClFN2O5. The highest BCUT2D eigenvalue weighted by atomic mass is 35.5. The number of aryl methyl sites for hydroxylation is 1. The van der Waals surface area contributed by atoms with E-state index in [1.807, 2.05) is 11.8 Å². The van der Waals surface area contributed by atoms with Gasteiger partial charge in [0.1, 0.15) is 11.6 Å². The highest BCUT2D eigenvalue weighted by Crippen LogP contribution is 2.23. The smallest absolute Gasteiger partial charge is 0.306 e. The van der Waals surface area contributed by atoms with Gasteiger partial charge in [0.05, 0.1) is 12.3 Å². The van der Waals surface area contributed by atoms with Crippen molar-refractivity contribution in [2.75, 3.05) is 44.3 Å². The molecule has 1 heterocycles. The first-order valence-corrected chi connectivity index (χ1v) is 11.5. The van der Waals surface area contributed by atoms with Gasteiger partial charge in [0.25, 0.3) is 5.91 Å². The molecule has 0 atom stereocenters. The van der Waals surface area contributed by atoms with Crippen LogP contribution in [0.15, 0.2) is 36.4 Å². The minimum Gasteiger partial charge on any atom is -0.493 e. The number of Topliss-reactive ketones (excluding diaryl/α,β-unsaturated/α-hetero) is 1. The summed E-state index contributed by atoms with van der Waals surface area (Å²) in [6, 6.07) is 9.74. The van der Waals surface area contributed by atoms with E-state index < -0.39 is 11.8 Å². The molecule has 0 radical (unpaired) electrons. The number of esters is 1. The van der Waals surface area contributed by atoms with Crippen molar-refractivity contribution in [2.45, 2.75) is 26.7 Å². The molecule has 34 heavy (non-hydrogen) atoms. The number of hydrogen-bond donors (Lipinski definition) is 0. The van der Waals surface area contributed by atoms with E-state index >= 15 is 0 Å². The zero-order valence-electron chi connectivity index (χ0n) is 19.3. The monoisotopic (exact) mass is 490 g/mol. The van der Waals surface area contributed by atoms with Gasteiger partial charge >= 0.3 is 5.97 Å². The number of carbonyl (C=O) groups excluding carboxylic acids is 3. The molecule has 0 N–H and O–H groups in total. The molecule has 1 saturated heterocycles. The Morgan fingerprint density at radius 2 is 1.79 bits per heavy atom. The maximum Gasteiger partial charge on any atom is 0.306 e. The van der Waals surface area contributed by atoms with Gasteiger partial charge in [-0.25, -0.2) is 4.39 Å². The summed E-state index contributed by atoms with van der Waals surface area (Å²) in [7, 11) is 0. The van der Waals surface area contributed by atoms with E-state index in [1.165, 1.54) is 13.0 Å². The van der Waals surface area contributed by atoms with Crippen molar-refractivity contribution in [3.8, 4) is 5.75 Å². The summed E-state index contributed by atoms with van der Waals surface area (Å²) in [5.74, 6) is -0.692. The first kappa shape index (κ1) is 25.5. The van der Waals surface area contributed by atoms with Crippen LogP contribution in [0.1, 0.15) is 35.7 Å². The number of ether oxygens (including phenoxy) is 2. The maximum absolute atomic E-state index is 14.4. The number of hydrogen-bond acceptors (Lipinski definition) is 6. The Labute approximate surface area is 203 Å². The molecular weight excluding hydrogens is 463 g/mol.